The molecule has 0 saturated carbocycles. The maximum Gasteiger partial charge on any atom is 0.239 e. The first-order valence-electron chi connectivity index (χ1n) is 7.07. The Morgan fingerprint density at radius 2 is 2.10 bits per heavy atom. The average Bonchev–Trinajstić information content (AvgIpc) is 2.48. The number of benzene rings is 1. The number of piperazine rings is 1. The second-order valence-electron chi connectivity index (χ2n) is 5.37. The van der Waals surface area contributed by atoms with Crippen LogP contribution in [0.2, 0.25) is 0 Å². The molecule has 21 heavy (non-hydrogen) atoms. The summed E-state index contributed by atoms with van der Waals surface area (Å²) in [6.45, 7) is 1.05. The zero-order valence-corrected chi connectivity index (χ0v) is 12.4. The van der Waals surface area contributed by atoms with Crippen LogP contribution in [0.1, 0.15) is 11.6 Å². The van der Waals surface area contributed by atoms with Crippen LogP contribution in [0.15, 0.2) is 30.3 Å². The van der Waals surface area contributed by atoms with Gasteiger partial charge in [-0.2, -0.15) is 0 Å². The number of nitrogens with zero attached hydrogens (tertiary/aromatic N) is 1. The Hall–Kier alpha value is -1.92. The van der Waals surface area contributed by atoms with Crippen LogP contribution in [-0.4, -0.2) is 56.5 Å². The molecule has 6 nitrogen and oxygen atoms in total. The van der Waals surface area contributed by atoms with Gasteiger partial charge >= 0.3 is 0 Å². The molecule has 2 unspecified atom stereocenters. The minimum absolute atomic E-state index is 0.0745. The van der Waals surface area contributed by atoms with Gasteiger partial charge in [0, 0.05) is 13.1 Å². The van der Waals surface area contributed by atoms with E-state index in [1.807, 2.05) is 32.3 Å². The highest BCUT2D eigenvalue weighted by Gasteiger charge is 2.24. The Morgan fingerprint density at radius 1 is 1.38 bits per heavy atom. The van der Waals surface area contributed by atoms with Crippen LogP contribution in [0, 0.1) is 0 Å². The molecule has 0 aliphatic carbocycles. The van der Waals surface area contributed by atoms with E-state index >= 15 is 0 Å². The van der Waals surface area contributed by atoms with Gasteiger partial charge in [0.25, 0.3) is 0 Å². The van der Waals surface area contributed by atoms with Crippen molar-refractivity contribution >= 4 is 11.8 Å². The van der Waals surface area contributed by atoms with Crippen LogP contribution in [0.25, 0.3) is 0 Å². The minimum atomic E-state index is -0.360. The van der Waals surface area contributed by atoms with Gasteiger partial charge in [-0.05, 0) is 19.7 Å². The Labute approximate surface area is 124 Å². The maximum absolute atomic E-state index is 12.1. The highest BCUT2D eigenvalue weighted by Crippen LogP contribution is 2.16. The van der Waals surface area contributed by atoms with E-state index in [1.165, 1.54) is 0 Å². The molecule has 0 aromatic heterocycles. The van der Waals surface area contributed by atoms with Gasteiger partial charge in [0.2, 0.25) is 11.8 Å². The zero-order chi connectivity index (χ0) is 15.2. The number of hydrogen-bond donors (Lipinski definition) is 3. The number of nitrogens with one attached hydrogen (secondary N) is 3. The molecule has 1 aliphatic rings. The minimum Gasteiger partial charge on any atom is -0.353 e. The molecule has 0 bridgehead atoms. The summed E-state index contributed by atoms with van der Waals surface area (Å²) < 4.78 is 0. The first-order valence-corrected chi connectivity index (χ1v) is 7.07. The van der Waals surface area contributed by atoms with Crippen molar-refractivity contribution in [3.63, 3.8) is 0 Å². The summed E-state index contributed by atoms with van der Waals surface area (Å²) in [5, 5.41) is 8.56. The van der Waals surface area contributed by atoms with Crippen molar-refractivity contribution in [3.8, 4) is 0 Å². The number of carbonyl (C=O) groups excluding carboxylic acids is 2. The Kier molecular flexibility index (Phi) is 5.30. The molecular weight excluding hydrogens is 268 g/mol. The van der Waals surface area contributed by atoms with Crippen LogP contribution < -0.4 is 16.0 Å². The third-order valence-electron chi connectivity index (χ3n) is 3.61. The standard InChI is InChI=1S/C15H22N4O2/c1-19(2)13(11-6-4-3-5-7-11)9-18-15(21)12-8-17-14(20)10-16-12/h3-7,12-13,16H,8-10H2,1-2H3,(H,17,20)(H,18,21). The van der Waals surface area contributed by atoms with E-state index in [4.69, 9.17) is 0 Å². The molecule has 2 amide bonds. The van der Waals surface area contributed by atoms with Crippen LogP contribution >= 0.6 is 0 Å². The Bertz CT molecular complexity index is 480. The van der Waals surface area contributed by atoms with Gasteiger partial charge in [-0.1, -0.05) is 30.3 Å². The van der Waals surface area contributed by atoms with E-state index in [-0.39, 0.29) is 30.4 Å². The maximum atomic E-state index is 12.1. The van der Waals surface area contributed by atoms with Gasteiger partial charge in [-0.3, -0.25) is 14.9 Å². The first kappa shape index (κ1) is 15.5. The molecule has 2 rings (SSSR count). The van der Waals surface area contributed by atoms with Crippen molar-refractivity contribution in [2.75, 3.05) is 33.7 Å². The van der Waals surface area contributed by atoms with Gasteiger partial charge in [-0.15, -0.1) is 0 Å². The Balaban J connectivity index is 1.90. The molecule has 1 fully saturated rings. The van der Waals surface area contributed by atoms with Crippen LogP contribution in [0.3, 0.4) is 0 Å². The molecule has 1 saturated heterocycles. The predicted molar refractivity (Wildman–Crippen MR) is 80.7 cm³/mol. The van der Waals surface area contributed by atoms with E-state index in [0.29, 0.717) is 13.1 Å². The Morgan fingerprint density at radius 3 is 2.67 bits per heavy atom. The topological polar surface area (TPSA) is 73.5 Å². The summed E-state index contributed by atoms with van der Waals surface area (Å²) in [5.41, 5.74) is 1.16. The fourth-order valence-corrected chi connectivity index (χ4v) is 2.35. The number of carbonyl (C=O) groups is 2. The third-order valence-corrected chi connectivity index (χ3v) is 3.61. The van der Waals surface area contributed by atoms with E-state index in [1.54, 1.807) is 0 Å². The molecule has 1 aromatic rings. The highest BCUT2D eigenvalue weighted by molar-refractivity contribution is 5.86. The summed E-state index contributed by atoms with van der Waals surface area (Å²) in [7, 11) is 3.98. The summed E-state index contributed by atoms with van der Waals surface area (Å²) >= 11 is 0. The molecular formula is C15H22N4O2. The van der Waals surface area contributed by atoms with Gasteiger partial charge in [-0.25, -0.2) is 0 Å². The summed E-state index contributed by atoms with van der Waals surface area (Å²) in [6, 6.07) is 9.82. The molecule has 0 radical (unpaired) electrons. The second kappa shape index (κ2) is 7.19. The molecule has 3 N–H and O–H groups in total. The lowest BCUT2D eigenvalue weighted by Gasteiger charge is -2.27. The zero-order valence-electron chi connectivity index (χ0n) is 12.4. The highest BCUT2D eigenvalue weighted by atomic mass is 16.2. The first-order chi connectivity index (χ1) is 10.1. The molecule has 1 aromatic carbocycles. The van der Waals surface area contributed by atoms with Crippen molar-refractivity contribution < 1.29 is 9.59 Å². The third kappa shape index (κ3) is 4.27. The van der Waals surface area contributed by atoms with E-state index in [9.17, 15) is 9.59 Å². The number of hydrogen-bond acceptors (Lipinski definition) is 4. The van der Waals surface area contributed by atoms with Crippen LogP contribution in [0.4, 0.5) is 0 Å². The monoisotopic (exact) mass is 290 g/mol. The van der Waals surface area contributed by atoms with Crippen LogP contribution in [0.5, 0.6) is 0 Å². The van der Waals surface area contributed by atoms with Gasteiger partial charge in [0.15, 0.2) is 0 Å². The van der Waals surface area contributed by atoms with Gasteiger partial charge < -0.3 is 15.5 Å². The smallest absolute Gasteiger partial charge is 0.239 e. The molecule has 114 valence electrons. The van der Waals surface area contributed by atoms with E-state index < -0.39 is 0 Å². The SMILES string of the molecule is CN(C)C(CNC(=O)C1CNC(=O)CN1)c1ccccc1. The second-order valence-corrected chi connectivity index (χ2v) is 5.37. The summed E-state index contributed by atoms with van der Waals surface area (Å²) in [5.74, 6) is -0.160. The van der Waals surface area contributed by atoms with Crippen molar-refractivity contribution in [1.82, 2.24) is 20.9 Å². The predicted octanol–water partition coefficient (Wildman–Crippen LogP) is -0.506. The summed E-state index contributed by atoms with van der Waals surface area (Å²) in [6.07, 6.45) is 0. The largest absolute Gasteiger partial charge is 0.353 e. The lowest BCUT2D eigenvalue weighted by molar-refractivity contribution is -0.126. The lowest BCUT2D eigenvalue weighted by Crippen LogP contribution is -2.58. The van der Waals surface area contributed by atoms with Crippen molar-refractivity contribution in [2.24, 2.45) is 0 Å². The number of rotatable bonds is 5. The number of likely N-dealkylation sites (N-methyl/N-ethyl adjacent to an activating group) is 1. The van der Waals surface area contributed by atoms with E-state index in [2.05, 4.69) is 33.0 Å². The molecule has 2 atom stereocenters. The fourth-order valence-electron chi connectivity index (χ4n) is 2.35. The van der Waals surface area contributed by atoms with Gasteiger partial charge in [0.1, 0.15) is 6.04 Å². The van der Waals surface area contributed by atoms with Crippen molar-refractivity contribution in [1.29, 1.82) is 0 Å². The van der Waals surface area contributed by atoms with Gasteiger partial charge in [0.05, 0.1) is 12.6 Å². The average molecular weight is 290 g/mol. The van der Waals surface area contributed by atoms with Crippen molar-refractivity contribution in [2.45, 2.75) is 12.1 Å². The molecule has 1 heterocycles. The van der Waals surface area contributed by atoms with Crippen molar-refractivity contribution in [3.05, 3.63) is 35.9 Å². The van der Waals surface area contributed by atoms with E-state index in [0.717, 1.165) is 5.56 Å². The molecule has 1 aliphatic heterocycles. The molecule has 6 heteroatoms. The van der Waals surface area contributed by atoms with Crippen LogP contribution in [-0.2, 0) is 9.59 Å². The quantitative estimate of drug-likeness (QED) is 0.683. The fraction of sp³-hybridized carbons (Fsp3) is 0.467. The normalized spacial score (nSPS) is 20.0. The summed E-state index contributed by atoms with van der Waals surface area (Å²) in [4.78, 5) is 25.3. The molecule has 0 spiro atoms. The number of amides is 2. The lowest BCUT2D eigenvalue weighted by atomic mass is 10.1.